The summed E-state index contributed by atoms with van der Waals surface area (Å²) in [5, 5.41) is 12.9. The van der Waals surface area contributed by atoms with E-state index in [-0.39, 0.29) is 24.1 Å². The molecule has 0 aliphatic rings. The van der Waals surface area contributed by atoms with Gasteiger partial charge in [-0.05, 0) is 55.0 Å². The normalized spacial score (nSPS) is 10.5. The number of rotatable bonds is 8. The Kier molecular flexibility index (Phi) is 6.74. The van der Waals surface area contributed by atoms with Crippen molar-refractivity contribution in [1.82, 2.24) is 9.78 Å². The largest absolute Gasteiger partial charge is 0.497 e. The van der Waals surface area contributed by atoms with E-state index in [2.05, 4.69) is 21.0 Å². The zero-order valence-electron chi connectivity index (χ0n) is 18.3. The van der Waals surface area contributed by atoms with Crippen LogP contribution in [0.1, 0.15) is 25.8 Å². The summed E-state index contributed by atoms with van der Waals surface area (Å²) < 4.78 is 11.6. The number of methoxy groups -OCH3 is 1. The van der Waals surface area contributed by atoms with Gasteiger partial charge in [-0.3, -0.25) is 19.1 Å². The number of benzene rings is 1. The Morgan fingerprint density at radius 2 is 1.85 bits per heavy atom. The standard InChI is InChI=1S/C23H21N5O5S/c1-14-10-20(27-22(30)18-4-3-9-33-18)34-21(14)23(31)26-16-11-24-28(12-16)13-19(29)25-15-5-7-17(32-2)8-6-15/h3-12H,13H2,1-2H3,(H,25,29)(H,26,31)(H,27,30). The number of thiophene rings is 1. The van der Waals surface area contributed by atoms with E-state index < -0.39 is 5.91 Å². The molecule has 0 fully saturated rings. The van der Waals surface area contributed by atoms with Gasteiger partial charge in [0.15, 0.2) is 5.76 Å². The van der Waals surface area contributed by atoms with Gasteiger partial charge < -0.3 is 25.1 Å². The van der Waals surface area contributed by atoms with Gasteiger partial charge in [-0.1, -0.05) is 0 Å². The van der Waals surface area contributed by atoms with Crippen LogP contribution in [0.25, 0.3) is 0 Å². The summed E-state index contributed by atoms with van der Waals surface area (Å²) in [7, 11) is 1.57. The molecule has 0 aliphatic heterocycles. The lowest BCUT2D eigenvalue weighted by atomic mass is 10.2. The number of ether oxygens (including phenoxy) is 1. The molecule has 1 aromatic carbocycles. The highest BCUT2D eigenvalue weighted by atomic mass is 32.1. The molecule has 0 unspecified atom stereocenters. The minimum absolute atomic E-state index is 0.0249. The maximum atomic E-state index is 12.7. The van der Waals surface area contributed by atoms with Crippen molar-refractivity contribution in [2.24, 2.45) is 0 Å². The molecule has 0 aliphatic carbocycles. The molecule has 0 atom stereocenters. The summed E-state index contributed by atoms with van der Waals surface area (Å²) >= 11 is 1.15. The van der Waals surface area contributed by atoms with E-state index in [1.54, 1.807) is 62.7 Å². The molecule has 3 N–H and O–H groups in total. The average molecular weight is 480 g/mol. The summed E-state index contributed by atoms with van der Waals surface area (Å²) in [6.07, 6.45) is 4.44. The smallest absolute Gasteiger partial charge is 0.291 e. The number of hydrogen-bond donors (Lipinski definition) is 3. The van der Waals surface area contributed by atoms with Crippen LogP contribution >= 0.6 is 11.3 Å². The number of aromatic nitrogens is 2. The predicted molar refractivity (Wildman–Crippen MR) is 128 cm³/mol. The second-order valence-electron chi connectivity index (χ2n) is 7.21. The second kappa shape index (κ2) is 10.0. The maximum absolute atomic E-state index is 12.7. The van der Waals surface area contributed by atoms with Crippen LogP contribution in [0.15, 0.2) is 65.5 Å². The number of aryl methyl sites for hydroxylation is 1. The number of nitrogens with one attached hydrogen (secondary N) is 3. The summed E-state index contributed by atoms with van der Waals surface area (Å²) in [5.74, 6) is -0.133. The topological polar surface area (TPSA) is 127 Å². The van der Waals surface area contributed by atoms with E-state index in [1.165, 1.54) is 17.1 Å². The number of furan rings is 1. The van der Waals surface area contributed by atoms with Gasteiger partial charge in [-0.15, -0.1) is 11.3 Å². The quantitative estimate of drug-likeness (QED) is 0.351. The fourth-order valence-electron chi connectivity index (χ4n) is 3.07. The summed E-state index contributed by atoms with van der Waals surface area (Å²) in [6, 6.07) is 11.9. The van der Waals surface area contributed by atoms with Gasteiger partial charge in [0.05, 0.1) is 35.1 Å². The van der Waals surface area contributed by atoms with Crippen LogP contribution in [0.5, 0.6) is 5.75 Å². The van der Waals surface area contributed by atoms with Crippen LogP contribution in [0.3, 0.4) is 0 Å². The van der Waals surface area contributed by atoms with Gasteiger partial charge in [-0.25, -0.2) is 0 Å². The molecule has 3 aromatic heterocycles. The number of anilines is 3. The van der Waals surface area contributed by atoms with Gasteiger partial charge in [0.25, 0.3) is 11.8 Å². The monoisotopic (exact) mass is 479 g/mol. The third-order valence-electron chi connectivity index (χ3n) is 4.68. The third kappa shape index (κ3) is 5.51. The Balaban J connectivity index is 1.33. The molecule has 0 radical (unpaired) electrons. The molecule has 3 heterocycles. The van der Waals surface area contributed by atoms with E-state index in [4.69, 9.17) is 9.15 Å². The van der Waals surface area contributed by atoms with Crippen LogP contribution in [-0.2, 0) is 11.3 Å². The zero-order valence-corrected chi connectivity index (χ0v) is 19.1. The predicted octanol–water partition coefficient (Wildman–Crippen LogP) is 4.00. The second-order valence-corrected chi connectivity index (χ2v) is 8.26. The number of hydrogen-bond acceptors (Lipinski definition) is 7. The Hall–Kier alpha value is -4.38. The molecule has 0 saturated carbocycles. The molecular weight excluding hydrogens is 458 g/mol. The Labute approximate surface area is 198 Å². The Morgan fingerprint density at radius 3 is 2.56 bits per heavy atom. The van der Waals surface area contributed by atoms with E-state index in [0.717, 1.165) is 11.3 Å². The van der Waals surface area contributed by atoms with Crippen LogP contribution in [-0.4, -0.2) is 34.6 Å². The first-order valence-electron chi connectivity index (χ1n) is 10.1. The average Bonchev–Trinajstić information content (AvgIpc) is 3.56. The lowest BCUT2D eigenvalue weighted by Gasteiger charge is -2.06. The lowest BCUT2D eigenvalue weighted by Crippen LogP contribution is -2.19. The maximum Gasteiger partial charge on any atom is 0.291 e. The Bertz CT molecular complexity index is 1310. The van der Waals surface area contributed by atoms with E-state index >= 15 is 0 Å². The van der Waals surface area contributed by atoms with Crippen LogP contribution in [0.2, 0.25) is 0 Å². The Morgan fingerprint density at radius 1 is 1.06 bits per heavy atom. The van der Waals surface area contributed by atoms with Crippen LogP contribution < -0.4 is 20.7 Å². The molecule has 0 spiro atoms. The van der Waals surface area contributed by atoms with Crippen molar-refractivity contribution >= 4 is 45.4 Å². The summed E-state index contributed by atoms with van der Waals surface area (Å²) in [4.78, 5) is 37.6. The highest BCUT2D eigenvalue weighted by molar-refractivity contribution is 7.18. The molecule has 3 amide bonds. The molecule has 4 aromatic rings. The third-order valence-corrected chi connectivity index (χ3v) is 5.83. The molecule has 0 saturated heterocycles. The van der Waals surface area contributed by atoms with E-state index in [1.807, 2.05) is 0 Å². The zero-order chi connectivity index (χ0) is 24.1. The van der Waals surface area contributed by atoms with Gasteiger partial charge >= 0.3 is 0 Å². The fourth-order valence-corrected chi connectivity index (χ4v) is 4.04. The van der Waals surface area contributed by atoms with Gasteiger partial charge in [0.2, 0.25) is 5.91 Å². The molecule has 4 rings (SSSR count). The van der Waals surface area contributed by atoms with Crippen LogP contribution in [0.4, 0.5) is 16.4 Å². The highest BCUT2D eigenvalue weighted by Crippen LogP contribution is 2.28. The molecular formula is C23H21N5O5S. The molecule has 174 valence electrons. The molecule has 11 heteroatoms. The first kappa shape index (κ1) is 22.8. The van der Waals surface area contributed by atoms with Crippen LogP contribution in [0, 0.1) is 6.92 Å². The number of carbonyl (C=O) groups excluding carboxylic acids is 3. The first-order valence-corrected chi connectivity index (χ1v) is 11.0. The fraction of sp³-hybridized carbons (Fsp3) is 0.130. The van der Waals surface area contributed by atoms with Crippen molar-refractivity contribution < 1.29 is 23.5 Å². The van der Waals surface area contributed by atoms with Crippen molar-refractivity contribution in [3.05, 3.63) is 77.3 Å². The van der Waals surface area contributed by atoms with Gasteiger partial charge in [-0.2, -0.15) is 5.10 Å². The van der Waals surface area contributed by atoms with Crippen molar-refractivity contribution in [3.63, 3.8) is 0 Å². The number of carbonyl (C=O) groups is 3. The summed E-state index contributed by atoms with van der Waals surface area (Å²) in [5.41, 5.74) is 1.79. The van der Waals surface area contributed by atoms with Crippen molar-refractivity contribution in [2.75, 3.05) is 23.1 Å². The molecule has 10 nitrogen and oxygen atoms in total. The van der Waals surface area contributed by atoms with E-state index in [0.29, 0.717) is 32.6 Å². The van der Waals surface area contributed by atoms with E-state index in [9.17, 15) is 14.4 Å². The summed E-state index contributed by atoms with van der Waals surface area (Å²) in [6.45, 7) is 1.75. The molecule has 0 bridgehead atoms. The SMILES string of the molecule is COc1ccc(NC(=O)Cn2cc(NC(=O)c3sc(NC(=O)c4ccco4)cc3C)cn2)cc1. The van der Waals surface area contributed by atoms with Gasteiger partial charge in [0.1, 0.15) is 12.3 Å². The number of nitrogens with zero attached hydrogens (tertiary/aromatic N) is 2. The molecule has 34 heavy (non-hydrogen) atoms. The lowest BCUT2D eigenvalue weighted by molar-refractivity contribution is -0.116. The van der Waals surface area contributed by atoms with Crippen molar-refractivity contribution in [2.45, 2.75) is 13.5 Å². The minimum Gasteiger partial charge on any atom is -0.497 e. The first-order chi connectivity index (χ1) is 16.4. The highest BCUT2D eigenvalue weighted by Gasteiger charge is 2.17. The van der Waals surface area contributed by atoms with Crippen molar-refractivity contribution in [1.29, 1.82) is 0 Å². The van der Waals surface area contributed by atoms with Crippen molar-refractivity contribution in [3.8, 4) is 5.75 Å². The van der Waals surface area contributed by atoms with Gasteiger partial charge in [0, 0.05) is 11.9 Å². The minimum atomic E-state index is -0.396. The number of amides is 3.